The number of aryl methyl sites for hydroxylation is 3. The summed E-state index contributed by atoms with van der Waals surface area (Å²) in [7, 11) is -1.84. The molecule has 0 N–H and O–H groups in total. The van der Waals surface area contributed by atoms with Crippen molar-refractivity contribution in [1.29, 1.82) is 0 Å². The number of carbonyl (C=O) groups is 1. The van der Waals surface area contributed by atoms with Gasteiger partial charge in [-0.15, -0.1) is 5.10 Å². The normalized spacial score (nSPS) is 13.2. The van der Waals surface area contributed by atoms with Crippen molar-refractivity contribution in [2.24, 2.45) is 0 Å². The number of esters is 1. The maximum absolute atomic E-state index is 12.3. The van der Waals surface area contributed by atoms with Crippen LogP contribution in [0.3, 0.4) is 0 Å². The van der Waals surface area contributed by atoms with Gasteiger partial charge in [-0.05, 0) is 74.4 Å². The lowest BCUT2D eigenvalue weighted by atomic mass is 9.88. The summed E-state index contributed by atoms with van der Waals surface area (Å²) in [5.41, 5.74) is 4.51. The van der Waals surface area contributed by atoms with Crippen LogP contribution in [0.15, 0.2) is 24.4 Å². The molecule has 0 fully saturated rings. The first-order valence-electron chi connectivity index (χ1n) is 11.7. The maximum Gasteiger partial charge on any atom is 0.306 e. The highest BCUT2D eigenvalue weighted by Gasteiger charge is 2.37. The lowest BCUT2D eigenvalue weighted by Crippen LogP contribution is -2.40. The Labute approximate surface area is 194 Å². The molecule has 7 heteroatoms. The minimum absolute atomic E-state index is 0.0630. The number of aromatic nitrogens is 3. The van der Waals surface area contributed by atoms with Gasteiger partial charge in [-0.1, -0.05) is 44.2 Å². The number of nitrogens with zero attached hydrogens (tertiary/aromatic N) is 3. The van der Waals surface area contributed by atoms with Crippen molar-refractivity contribution in [1.82, 2.24) is 15.0 Å². The molecule has 6 nitrogen and oxygen atoms in total. The Morgan fingerprint density at radius 3 is 2.53 bits per heavy atom. The quantitative estimate of drug-likeness (QED) is 0.314. The monoisotopic (exact) mass is 459 g/mol. The molecule has 0 aliphatic carbocycles. The second kappa shape index (κ2) is 11.2. The summed E-state index contributed by atoms with van der Waals surface area (Å²) < 4.78 is 13.6. The molecular formula is C25H41N3O3Si. The SMILES string of the molecule is CCOC(=O)CC(CCc1cn(CC)nn1)c1ccc(C)c(CO[Si](C)(C)C(C)(C)C)c1. The van der Waals surface area contributed by atoms with Gasteiger partial charge in [0, 0.05) is 12.7 Å². The van der Waals surface area contributed by atoms with Gasteiger partial charge in [0.15, 0.2) is 8.32 Å². The summed E-state index contributed by atoms with van der Waals surface area (Å²) in [4.78, 5) is 12.3. The van der Waals surface area contributed by atoms with Crippen LogP contribution in [0.25, 0.3) is 0 Å². The molecule has 2 aromatic rings. The van der Waals surface area contributed by atoms with E-state index in [1.165, 1.54) is 11.1 Å². The van der Waals surface area contributed by atoms with Crippen molar-refractivity contribution in [2.45, 2.75) is 98.0 Å². The zero-order chi connectivity index (χ0) is 23.9. The lowest BCUT2D eigenvalue weighted by molar-refractivity contribution is -0.143. The van der Waals surface area contributed by atoms with Gasteiger partial charge >= 0.3 is 5.97 Å². The summed E-state index contributed by atoms with van der Waals surface area (Å²) in [5, 5.41) is 8.56. The Morgan fingerprint density at radius 1 is 1.22 bits per heavy atom. The number of hydrogen-bond acceptors (Lipinski definition) is 5. The number of rotatable bonds is 11. The Morgan fingerprint density at radius 2 is 1.94 bits per heavy atom. The topological polar surface area (TPSA) is 66.2 Å². The molecule has 178 valence electrons. The van der Waals surface area contributed by atoms with E-state index in [0.29, 0.717) is 19.6 Å². The third kappa shape index (κ3) is 7.27. The van der Waals surface area contributed by atoms with Gasteiger partial charge < -0.3 is 9.16 Å². The van der Waals surface area contributed by atoms with Crippen molar-refractivity contribution in [3.8, 4) is 0 Å². The average molecular weight is 460 g/mol. The molecule has 1 atom stereocenters. The van der Waals surface area contributed by atoms with Crippen molar-refractivity contribution in [3.63, 3.8) is 0 Å². The van der Waals surface area contributed by atoms with E-state index in [1.807, 2.05) is 24.7 Å². The first-order valence-corrected chi connectivity index (χ1v) is 14.7. The first-order chi connectivity index (χ1) is 15.0. The fourth-order valence-electron chi connectivity index (χ4n) is 3.31. The van der Waals surface area contributed by atoms with Crippen molar-refractivity contribution in [2.75, 3.05) is 6.61 Å². The zero-order valence-corrected chi connectivity index (χ0v) is 22.2. The molecule has 0 radical (unpaired) electrons. The van der Waals surface area contributed by atoms with Gasteiger partial charge in [0.2, 0.25) is 0 Å². The summed E-state index contributed by atoms with van der Waals surface area (Å²) in [6.45, 7) is 19.1. The molecule has 0 spiro atoms. The van der Waals surface area contributed by atoms with E-state index in [-0.39, 0.29) is 16.9 Å². The van der Waals surface area contributed by atoms with Gasteiger partial charge in [0.25, 0.3) is 0 Å². The molecule has 0 aliphatic rings. The minimum atomic E-state index is -1.84. The van der Waals surface area contributed by atoms with Gasteiger partial charge in [-0.2, -0.15) is 0 Å². The molecule has 0 aliphatic heterocycles. The molecular weight excluding hydrogens is 418 g/mol. The van der Waals surface area contributed by atoms with Crippen molar-refractivity contribution >= 4 is 14.3 Å². The van der Waals surface area contributed by atoms with E-state index < -0.39 is 8.32 Å². The van der Waals surface area contributed by atoms with Crippen LogP contribution in [0, 0.1) is 6.92 Å². The molecule has 1 aromatic heterocycles. The number of benzene rings is 1. The predicted octanol–water partition coefficient (Wildman–Crippen LogP) is 5.80. The second-order valence-corrected chi connectivity index (χ2v) is 14.9. The molecule has 1 aromatic carbocycles. The van der Waals surface area contributed by atoms with Crippen LogP contribution in [-0.4, -0.2) is 35.9 Å². The van der Waals surface area contributed by atoms with E-state index in [2.05, 4.69) is 69.3 Å². The van der Waals surface area contributed by atoms with Crippen LogP contribution in [0.2, 0.25) is 18.1 Å². The van der Waals surface area contributed by atoms with E-state index in [4.69, 9.17) is 9.16 Å². The van der Waals surface area contributed by atoms with Gasteiger partial charge in [0.05, 0.1) is 25.3 Å². The van der Waals surface area contributed by atoms with Crippen LogP contribution in [-0.2, 0) is 33.5 Å². The average Bonchev–Trinajstić information content (AvgIpc) is 3.18. The molecule has 0 bridgehead atoms. The number of hydrogen-bond donors (Lipinski definition) is 0. The molecule has 1 unspecified atom stereocenters. The summed E-state index contributed by atoms with van der Waals surface area (Å²) in [6.07, 6.45) is 3.93. The van der Waals surface area contributed by atoms with Crippen LogP contribution < -0.4 is 0 Å². The summed E-state index contributed by atoms with van der Waals surface area (Å²) in [6, 6.07) is 6.50. The summed E-state index contributed by atoms with van der Waals surface area (Å²) >= 11 is 0. The van der Waals surface area contributed by atoms with E-state index >= 15 is 0 Å². The van der Waals surface area contributed by atoms with Crippen molar-refractivity contribution in [3.05, 3.63) is 46.8 Å². The Bertz CT molecular complexity index is 887. The Hall–Kier alpha value is -1.99. The molecule has 0 amide bonds. The van der Waals surface area contributed by atoms with Crippen molar-refractivity contribution < 1.29 is 14.0 Å². The third-order valence-corrected chi connectivity index (χ3v) is 11.1. The molecule has 0 saturated carbocycles. The lowest BCUT2D eigenvalue weighted by Gasteiger charge is -2.36. The number of carbonyl (C=O) groups excluding carboxylic acids is 1. The van der Waals surface area contributed by atoms with E-state index in [9.17, 15) is 4.79 Å². The second-order valence-electron chi connectivity index (χ2n) is 10.0. The van der Waals surface area contributed by atoms with Gasteiger partial charge in [0.1, 0.15) is 0 Å². The Kier molecular flexibility index (Phi) is 9.22. The smallest absolute Gasteiger partial charge is 0.306 e. The highest BCUT2D eigenvalue weighted by atomic mass is 28.4. The fourth-order valence-corrected chi connectivity index (χ4v) is 4.26. The fraction of sp³-hybridized carbons (Fsp3) is 0.640. The third-order valence-electron chi connectivity index (χ3n) is 6.62. The van der Waals surface area contributed by atoms with Crippen LogP contribution in [0.4, 0.5) is 0 Å². The van der Waals surface area contributed by atoms with Crippen LogP contribution in [0.5, 0.6) is 0 Å². The van der Waals surface area contributed by atoms with Gasteiger partial charge in [-0.3, -0.25) is 9.48 Å². The zero-order valence-electron chi connectivity index (χ0n) is 21.2. The maximum atomic E-state index is 12.3. The van der Waals surface area contributed by atoms with Gasteiger partial charge in [-0.25, -0.2) is 0 Å². The largest absolute Gasteiger partial charge is 0.466 e. The first kappa shape index (κ1) is 26.3. The predicted molar refractivity (Wildman–Crippen MR) is 131 cm³/mol. The van der Waals surface area contributed by atoms with Crippen LogP contribution in [0.1, 0.15) is 75.8 Å². The van der Waals surface area contributed by atoms with Crippen LogP contribution >= 0.6 is 0 Å². The van der Waals surface area contributed by atoms with E-state index in [1.54, 1.807) is 0 Å². The molecule has 1 heterocycles. The number of ether oxygens (including phenoxy) is 1. The summed E-state index contributed by atoms with van der Waals surface area (Å²) in [5.74, 6) is -0.0950. The minimum Gasteiger partial charge on any atom is -0.466 e. The molecule has 0 saturated heterocycles. The molecule has 2 rings (SSSR count). The highest BCUT2D eigenvalue weighted by molar-refractivity contribution is 6.74. The molecule has 32 heavy (non-hydrogen) atoms. The Balaban J connectivity index is 2.21. The standard InChI is InChI=1S/C25H41N3O3Si/c1-9-28-17-23(26-27-28)14-13-21(16-24(29)30-10-2)20-12-11-19(3)22(15-20)18-31-32(7,8)25(4,5)6/h11-12,15,17,21H,9-10,13-14,16,18H2,1-8H3. The van der Waals surface area contributed by atoms with E-state index in [0.717, 1.165) is 30.6 Å². The highest BCUT2D eigenvalue weighted by Crippen LogP contribution is 2.37.